The van der Waals surface area contributed by atoms with Crippen LogP contribution in [-0.2, 0) is 9.84 Å². The number of rotatable bonds is 1. The van der Waals surface area contributed by atoms with E-state index in [-0.39, 0.29) is 26.4 Å². The zero-order valence-corrected chi connectivity index (χ0v) is 12.3. The Morgan fingerprint density at radius 3 is 2.48 bits per heavy atom. The maximum absolute atomic E-state index is 12.6. The normalized spacial score (nSPS) is 14.4. The van der Waals surface area contributed by atoms with Crippen molar-refractivity contribution >= 4 is 26.7 Å². The number of fused-ring (bicyclic) bond motifs is 4. The number of sulfone groups is 1. The Morgan fingerprint density at radius 2 is 1.74 bits per heavy atom. The van der Waals surface area contributed by atoms with Crippen molar-refractivity contribution < 1.29 is 18.3 Å². The van der Waals surface area contributed by atoms with Crippen molar-refractivity contribution in [3.05, 3.63) is 58.4 Å². The third-order valence-corrected chi connectivity index (χ3v) is 5.77. The average Bonchev–Trinajstić information content (AvgIpc) is 2.74. The van der Waals surface area contributed by atoms with Crippen LogP contribution in [0.5, 0.6) is 0 Å². The number of aromatic amines is 1. The first-order chi connectivity index (χ1) is 10.9. The molecular formula is C16H9NO5S. The van der Waals surface area contributed by atoms with Gasteiger partial charge in [-0.3, -0.25) is 4.79 Å². The van der Waals surface area contributed by atoms with Crippen LogP contribution in [0.2, 0.25) is 0 Å². The Balaban J connectivity index is 2.16. The molecule has 0 spiro atoms. The van der Waals surface area contributed by atoms with E-state index in [0.29, 0.717) is 11.1 Å². The predicted molar refractivity (Wildman–Crippen MR) is 82.4 cm³/mol. The molecule has 23 heavy (non-hydrogen) atoms. The van der Waals surface area contributed by atoms with Crippen LogP contribution in [0.1, 0.15) is 10.5 Å². The number of carboxylic acids is 1. The summed E-state index contributed by atoms with van der Waals surface area (Å²) in [6.45, 7) is 0. The molecule has 0 fully saturated rings. The van der Waals surface area contributed by atoms with E-state index in [1.54, 1.807) is 18.2 Å². The Morgan fingerprint density at radius 1 is 1.00 bits per heavy atom. The van der Waals surface area contributed by atoms with E-state index in [0.717, 1.165) is 6.07 Å². The van der Waals surface area contributed by atoms with E-state index < -0.39 is 21.2 Å². The number of carbonyl (C=O) groups is 1. The van der Waals surface area contributed by atoms with Gasteiger partial charge in [0.25, 0.3) is 0 Å². The summed E-state index contributed by atoms with van der Waals surface area (Å²) in [5.74, 6) is -1.28. The Kier molecular flexibility index (Phi) is 2.56. The monoisotopic (exact) mass is 327 g/mol. The van der Waals surface area contributed by atoms with Crippen LogP contribution in [0.3, 0.4) is 0 Å². The SMILES string of the molecule is O=C(O)c1cc(=O)c2cc3c(cc2[nH]1)S(=O)(=O)c1ccccc1-3. The summed E-state index contributed by atoms with van der Waals surface area (Å²) in [6, 6.07) is 10.4. The Labute approximate surface area is 129 Å². The highest BCUT2D eigenvalue weighted by Gasteiger charge is 2.33. The highest BCUT2D eigenvalue weighted by atomic mass is 32.2. The molecule has 0 unspecified atom stereocenters. The number of carboxylic acid groups (broad SMARTS) is 1. The summed E-state index contributed by atoms with van der Waals surface area (Å²) >= 11 is 0. The van der Waals surface area contributed by atoms with Gasteiger partial charge in [0.05, 0.1) is 15.3 Å². The topological polar surface area (TPSA) is 104 Å². The molecular weight excluding hydrogens is 318 g/mol. The second-order valence-electron chi connectivity index (χ2n) is 5.25. The van der Waals surface area contributed by atoms with Crippen molar-refractivity contribution in [2.75, 3.05) is 0 Å². The summed E-state index contributed by atoms with van der Waals surface area (Å²) in [4.78, 5) is 26.1. The van der Waals surface area contributed by atoms with E-state index in [2.05, 4.69) is 4.98 Å². The molecule has 114 valence electrons. The molecule has 4 rings (SSSR count). The molecule has 0 atom stereocenters. The van der Waals surface area contributed by atoms with Gasteiger partial charge in [0.2, 0.25) is 9.84 Å². The van der Waals surface area contributed by atoms with Gasteiger partial charge in [0.15, 0.2) is 5.43 Å². The van der Waals surface area contributed by atoms with Crippen molar-refractivity contribution in [1.82, 2.24) is 4.98 Å². The van der Waals surface area contributed by atoms with Gasteiger partial charge in [0, 0.05) is 22.6 Å². The molecule has 0 radical (unpaired) electrons. The summed E-state index contributed by atoms with van der Waals surface area (Å²) in [5, 5.41) is 9.27. The fourth-order valence-electron chi connectivity index (χ4n) is 2.87. The van der Waals surface area contributed by atoms with Crippen LogP contribution in [-0.4, -0.2) is 24.5 Å². The summed E-state index contributed by atoms with van der Waals surface area (Å²) in [6.07, 6.45) is 0. The quantitative estimate of drug-likeness (QED) is 0.557. The molecule has 3 aromatic rings. The van der Waals surface area contributed by atoms with E-state index in [9.17, 15) is 18.0 Å². The van der Waals surface area contributed by atoms with Crippen LogP contribution in [0.25, 0.3) is 22.0 Å². The van der Waals surface area contributed by atoms with Crippen molar-refractivity contribution in [1.29, 1.82) is 0 Å². The number of aromatic nitrogens is 1. The zero-order valence-electron chi connectivity index (χ0n) is 11.5. The number of H-pyrrole nitrogens is 1. The fraction of sp³-hybridized carbons (Fsp3) is 0. The van der Waals surface area contributed by atoms with Gasteiger partial charge in [-0.15, -0.1) is 0 Å². The van der Waals surface area contributed by atoms with Crippen LogP contribution >= 0.6 is 0 Å². The van der Waals surface area contributed by atoms with Crippen LogP contribution in [0.15, 0.2) is 57.1 Å². The third kappa shape index (κ3) is 1.77. The molecule has 2 heterocycles. The Bertz CT molecular complexity index is 1170. The minimum absolute atomic E-state index is 0.0735. The minimum Gasteiger partial charge on any atom is -0.477 e. The minimum atomic E-state index is -3.67. The lowest BCUT2D eigenvalue weighted by atomic mass is 10.0. The molecule has 7 heteroatoms. The largest absolute Gasteiger partial charge is 0.477 e. The molecule has 1 aliphatic rings. The maximum atomic E-state index is 12.6. The first kappa shape index (κ1) is 13.7. The van der Waals surface area contributed by atoms with E-state index in [4.69, 9.17) is 5.11 Å². The molecule has 1 aromatic heterocycles. The first-order valence-corrected chi connectivity index (χ1v) is 8.17. The number of hydrogen-bond donors (Lipinski definition) is 2. The smallest absolute Gasteiger partial charge is 0.352 e. The fourth-order valence-corrected chi connectivity index (χ4v) is 4.56. The number of nitrogens with one attached hydrogen (secondary N) is 1. The second-order valence-corrected chi connectivity index (χ2v) is 7.13. The van der Waals surface area contributed by atoms with Gasteiger partial charge in [-0.25, -0.2) is 13.2 Å². The first-order valence-electron chi connectivity index (χ1n) is 6.68. The average molecular weight is 327 g/mol. The molecule has 2 N–H and O–H groups in total. The number of pyridine rings is 1. The molecule has 2 aromatic carbocycles. The van der Waals surface area contributed by atoms with Gasteiger partial charge in [-0.1, -0.05) is 18.2 Å². The summed E-state index contributed by atoms with van der Waals surface area (Å²) in [5.41, 5.74) is 0.439. The summed E-state index contributed by atoms with van der Waals surface area (Å²) < 4.78 is 25.2. The molecule has 0 aliphatic carbocycles. The van der Waals surface area contributed by atoms with Crippen molar-refractivity contribution in [2.45, 2.75) is 9.79 Å². The lowest BCUT2D eigenvalue weighted by molar-refractivity contribution is 0.0691. The van der Waals surface area contributed by atoms with Gasteiger partial charge >= 0.3 is 5.97 Å². The predicted octanol–water partition coefficient (Wildman–Crippen LogP) is 2.04. The van der Waals surface area contributed by atoms with E-state index >= 15 is 0 Å². The molecule has 0 amide bonds. The highest BCUT2D eigenvalue weighted by molar-refractivity contribution is 7.92. The van der Waals surface area contributed by atoms with Crippen LogP contribution < -0.4 is 5.43 Å². The van der Waals surface area contributed by atoms with Crippen molar-refractivity contribution in [3.63, 3.8) is 0 Å². The lowest BCUT2D eigenvalue weighted by Gasteiger charge is -2.04. The van der Waals surface area contributed by atoms with Crippen LogP contribution in [0, 0.1) is 0 Å². The Hall–Kier alpha value is -2.93. The van der Waals surface area contributed by atoms with Gasteiger partial charge in [0.1, 0.15) is 5.69 Å². The van der Waals surface area contributed by atoms with E-state index in [1.807, 2.05) is 0 Å². The number of hydrogen-bond acceptors (Lipinski definition) is 4. The number of aromatic carboxylic acids is 1. The molecule has 0 bridgehead atoms. The highest BCUT2D eigenvalue weighted by Crippen LogP contribution is 2.43. The lowest BCUT2D eigenvalue weighted by Crippen LogP contribution is -2.10. The van der Waals surface area contributed by atoms with Crippen LogP contribution in [0.4, 0.5) is 0 Å². The van der Waals surface area contributed by atoms with E-state index in [1.165, 1.54) is 18.2 Å². The molecule has 0 saturated heterocycles. The standard InChI is InChI=1S/C16H9NO5S/c18-13-6-12(16(19)20)17-11-7-15-9(5-10(11)13)8-3-1-2-4-14(8)23(15,21)22/h1-7H,(H,17,18)(H,19,20). The van der Waals surface area contributed by atoms with Crippen molar-refractivity contribution in [2.24, 2.45) is 0 Å². The van der Waals surface area contributed by atoms with Gasteiger partial charge < -0.3 is 10.1 Å². The summed E-state index contributed by atoms with van der Waals surface area (Å²) in [7, 11) is -3.67. The molecule has 1 aliphatic heterocycles. The van der Waals surface area contributed by atoms with Gasteiger partial charge in [-0.2, -0.15) is 0 Å². The third-order valence-electron chi connectivity index (χ3n) is 3.92. The molecule has 6 nitrogen and oxygen atoms in total. The van der Waals surface area contributed by atoms with Gasteiger partial charge in [-0.05, 0) is 18.2 Å². The van der Waals surface area contributed by atoms with Crippen molar-refractivity contribution in [3.8, 4) is 11.1 Å². The number of benzene rings is 2. The maximum Gasteiger partial charge on any atom is 0.352 e. The zero-order chi connectivity index (χ0) is 16.4. The second kappa shape index (κ2) is 4.30. The molecule has 0 saturated carbocycles.